The van der Waals surface area contributed by atoms with Gasteiger partial charge in [-0.3, -0.25) is 24.0 Å². The Morgan fingerprint density at radius 2 is 0.620 bits per heavy atom. The lowest BCUT2D eigenvalue weighted by Gasteiger charge is -2.61. The fourth-order valence-corrected chi connectivity index (χ4v) is 23.4. The summed E-state index contributed by atoms with van der Waals surface area (Å²) in [5.41, 5.74) is -0.0496. The fraction of sp³-hybridized carbons (Fsp3) is 0.780. The topological polar surface area (TPSA) is 271 Å². The number of benzene rings is 3. The minimum absolute atomic E-state index is 0.0185. The molecular weight excluding hydrogens is 1720 g/mol. The van der Waals surface area contributed by atoms with Crippen molar-refractivity contribution in [2.75, 3.05) is 19.8 Å². The van der Waals surface area contributed by atoms with E-state index in [1.165, 1.54) is 152 Å². The molecule has 0 saturated heterocycles. The van der Waals surface area contributed by atoms with Crippen LogP contribution >= 0.6 is 0 Å². The van der Waals surface area contributed by atoms with Crippen LogP contribution in [0.15, 0.2) is 72.8 Å². The molecule has 3 atom stereocenters. The molecule has 3 N–H and O–H groups in total. The van der Waals surface area contributed by atoms with Crippen LogP contribution < -0.4 is 0 Å². The standard InChI is InChI=1S/C21H34O4.C19H30O4.C17H28O2.C16H30O2.C15H26O4.3C10H14O/c1-6-19(2,3)18(23)24-13-17(22)25-20(4,5)21-10-14-7-15(11-21)9-16(8-14)12-21;1-5-18(2,3)17(21)22-11-16(20)23-19(4)14-7-12-6-13(9-14)10-15(19)8-12;1-5-16(2,3)15(18)19-17(4)13-7-11-6-12(9-13)10-14(17)8-11;1-7-15(3,4)14(17)18-16(5,6)13-10-8-12(2)9-11-13;1-5-14(2,3)13(17)18-11-12(16)19-15(4)9-7-6-8-10-15;3*1-3-8(2)9-4-6-10(11)7-5-9/h14-16H,6-13H2,1-5H3;12-15H,5-11H2,1-4H3;11-14H,5-10H2,1-4H3;12-13H,7-11H2,1-6H3;5-11H2,1-4H3;3*4-8,11H,3H2,1-2H3. The van der Waals surface area contributed by atoms with E-state index in [1.54, 1.807) is 36.4 Å². The number of hydrogen-bond acceptors (Lipinski definition) is 19. The highest BCUT2D eigenvalue weighted by Crippen LogP contribution is 2.65. The second-order valence-corrected chi connectivity index (χ2v) is 49.1. The molecule has 137 heavy (non-hydrogen) atoms. The van der Waals surface area contributed by atoms with Crippen molar-refractivity contribution in [1.82, 2.24) is 0 Å². The number of ether oxygens (including phenoxy) is 8. The Morgan fingerprint density at radius 1 is 0.343 bits per heavy atom. The van der Waals surface area contributed by atoms with Gasteiger partial charge in [-0.05, 0) is 458 Å². The highest BCUT2D eigenvalue weighted by molar-refractivity contribution is 5.82. The van der Waals surface area contributed by atoms with Crippen LogP contribution in [0.25, 0.3) is 0 Å². The van der Waals surface area contributed by atoms with Gasteiger partial charge in [0.2, 0.25) is 0 Å². The zero-order valence-electron chi connectivity index (χ0n) is 91.0. The quantitative estimate of drug-likeness (QED) is 0.0430. The van der Waals surface area contributed by atoms with Crippen molar-refractivity contribution in [3.63, 3.8) is 0 Å². The molecule has 776 valence electrons. The van der Waals surface area contributed by atoms with Crippen LogP contribution in [0.4, 0.5) is 0 Å². The van der Waals surface area contributed by atoms with Gasteiger partial charge < -0.3 is 53.2 Å². The molecule has 14 aliphatic carbocycles. The summed E-state index contributed by atoms with van der Waals surface area (Å²) >= 11 is 0. The summed E-state index contributed by atoms with van der Waals surface area (Å²) in [4.78, 5) is 96.8. The average Bonchev–Trinajstić information content (AvgIpc) is 0.727. The first-order valence-electron chi connectivity index (χ1n) is 53.9. The van der Waals surface area contributed by atoms with Gasteiger partial charge in [0.05, 0.1) is 27.1 Å². The molecule has 0 spiro atoms. The Labute approximate surface area is 829 Å². The summed E-state index contributed by atoms with van der Waals surface area (Å²) in [6.45, 7) is 57.9. The lowest BCUT2D eigenvalue weighted by atomic mass is 9.46. The van der Waals surface area contributed by atoms with Crippen LogP contribution in [-0.2, 0) is 76.3 Å². The molecule has 14 fully saturated rings. The summed E-state index contributed by atoms with van der Waals surface area (Å²) < 4.78 is 44.6. The SMILES string of the molecule is CCC(C)(C)C(=O)OC(C)(C)C1CCC(C)CC1.CCC(C)(C)C(=O)OC1(C)C2CC3CC(C2)CC1C3.CCC(C)(C)C(=O)OCC(=O)OC(C)(C)C12CC3CC(CC(C3)C1)C2.CCC(C)(C)C(=O)OCC(=O)OC1(C)C2CC3CC(C2)CC1C3.CCC(C)(C)C(=O)OCC(=O)OC1(C)CCCCC1.CCC(C)c1ccc(O)cc1.CCC(C)c1ccc(O)cc1.CCC(C)c1ccc(O)cc1. The Morgan fingerprint density at radius 3 is 0.927 bits per heavy atom. The summed E-state index contributed by atoms with van der Waals surface area (Å²) in [5.74, 6) is 10.1. The third kappa shape index (κ3) is 32.7. The van der Waals surface area contributed by atoms with Crippen LogP contribution in [-0.4, -0.2) is 111 Å². The van der Waals surface area contributed by atoms with Gasteiger partial charge in [-0.2, -0.15) is 0 Å². The normalized spacial score (nSPS) is 27.9. The number of carbonyl (C=O) groups excluding carboxylic acids is 8. The van der Waals surface area contributed by atoms with Crippen LogP contribution in [0.5, 0.6) is 17.2 Å². The minimum Gasteiger partial charge on any atom is -0.508 e. The van der Waals surface area contributed by atoms with E-state index in [1.807, 2.05) is 140 Å². The van der Waals surface area contributed by atoms with Crippen molar-refractivity contribution in [1.29, 1.82) is 0 Å². The zero-order chi connectivity index (χ0) is 102. The van der Waals surface area contributed by atoms with Crippen molar-refractivity contribution in [2.24, 2.45) is 109 Å². The summed E-state index contributed by atoms with van der Waals surface area (Å²) in [5, 5.41) is 27.0. The third-order valence-electron chi connectivity index (χ3n) is 35.8. The first kappa shape index (κ1) is 117. The van der Waals surface area contributed by atoms with Gasteiger partial charge in [0, 0.05) is 5.41 Å². The van der Waals surface area contributed by atoms with Crippen molar-refractivity contribution >= 4 is 47.8 Å². The predicted molar refractivity (Wildman–Crippen MR) is 546 cm³/mol. The van der Waals surface area contributed by atoms with Crippen LogP contribution in [0.3, 0.4) is 0 Å². The molecule has 17 rings (SSSR count). The van der Waals surface area contributed by atoms with Gasteiger partial charge in [0.1, 0.15) is 45.3 Å². The van der Waals surface area contributed by atoms with E-state index in [4.69, 9.17) is 53.2 Å². The Hall–Kier alpha value is -7.18. The first-order chi connectivity index (χ1) is 63.8. The summed E-state index contributed by atoms with van der Waals surface area (Å²) in [7, 11) is 0. The smallest absolute Gasteiger partial charge is 0.344 e. The highest BCUT2D eigenvalue weighted by Gasteiger charge is 2.61. The second kappa shape index (κ2) is 50.2. The molecule has 3 aromatic carbocycles. The van der Waals surface area contributed by atoms with Crippen LogP contribution in [0, 0.1) is 109 Å². The molecule has 0 radical (unpaired) electrons. The fourth-order valence-electron chi connectivity index (χ4n) is 23.4. The third-order valence-corrected chi connectivity index (χ3v) is 35.8. The van der Waals surface area contributed by atoms with Gasteiger partial charge in [-0.1, -0.05) is 139 Å². The van der Waals surface area contributed by atoms with E-state index in [-0.39, 0.29) is 94.3 Å². The zero-order valence-corrected chi connectivity index (χ0v) is 91.0. The largest absolute Gasteiger partial charge is 0.508 e. The molecule has 19 nitrogen and oxygen atoms in total. The molecule has 3 aromatic rings. The molecule has 14 saturated carbocycles. The average molecular weight is 1910 g/mol. The molecule has 0 amide bonds. The molecule has 19 heteroatoms. The van der Waals surface area contributed by atoms with Gasteiger partial charge in [-0.25, -0.2) is 14.4 Å². The number of carbonyl (C=O) groups is 8. The van der Waals surface area contributed by atoms with Gasteiger partial charge in [0.25, 0.3) is 0 Å². The number of phenols is 3. The van der Waals surface area contributed by atoms with Crippen molar-refractivity contribution < 1.29 is 91.6 Å². The van der Waals surface area contributed by atoms with Crippen molar-refractivity contribution in [3.05, 3.63) is 89.5 Å². The molecular formula is C118H190O19. The number of hydrogen-bond donors (Lipinski definition) is 3. The van der Waals surface area contributed by atoms with E-state index in [2.05, 4.69) is 96.9 Å². The molecule has 3 unspecified atom stereocenters. The van der Waals surface area contributed by atoms with Gasteiger partial charge in [-0.15, -0.1) is 0 Å². The lowest BCUT2D eigenvalue weighted by molar-refractivity contribution is -0.211. The molecule has 0 heterocycles. The van der Waals surface area contributed by atoms with E-state index in [0.717, 1.165) is 105 Å². The van der Waals surface area contributed by atoms with Gasteiger partial charge >= 0.3 is 47.8 Å². The first-order valence-corrected chi connectivity index (χ1v) is 53.9. The van der Waals surface area contributed by atoms with E-state index in [9.17, 15) is 38.4 Å². The molecule has 12 bridgehead atoms. The summed E-state index contributed by atoms with van der Waals surface area (Å²) in [6, 6.07) is 22.3. The minimum atomic E-state index is -0.560. The Balaban J connectivity index is 0.000000217. The van der Waals surface area contributed by atoms with Crippen LogP contribution in [0.1, 0.15) is 447 Å². The van der Waals surface area contributed by atoms with E-state index in [0.29, 0.717) is 83.9 Å². The van der Waals surface area contributed by atoms with Crippen LogP contribution in [0.2, 0.25) is 0 Å². The van der Waals surface area contributed by atoms with Crippen molar-refractivity contribution in [3.8, 4) is 17.2 Å². The monoisotopic (exact) mass is 1910 g/mol. The van der Waals surface area contributed by atoms with Crippen molar-refractivity contribution in [2.45, 2.75) is 458 Å². The number of aromatic hydroxyl groups is 3. The maximum absolute atomic E-state index is 12.5. The Kier molecular flexibility index (Phi) is 42.8. The second-order valence-electron chi connectivity index (χ2n) is 49.1. The number of esters is 8. The maximum atomic E-state index is 12.5. The van der Waals surface area contributed by atoms with E-state index >= 15 is 0 Å². The molecule has 0 aliphatic heterocycles. The summed E-state index contributed by atoms with van der Waals surface area (Å²) in [6.07, 6.45) is 37.7. The Bertz CT molecular complexity index is 4060. The lowest BCUT2D eigenvalue weighted by Crippen LogP contribution is -2.58. The number of phenolic OH excluding ortho intramolecular Hbond substituents is 3. The number of rotatable bonds is 29. The molecule has 0 aromatic heterocycles. The van der Waals surface area contributed by atoms with E-state index < -0.39 is 33.8 Å². The highest BCUT2D eigenvalue weighted by atomic mass is 16.6. The van der Waals surface area contributed by atoms with Gasteiger partial charge in [0.15, 0.2) is 19.8 Å². The maximum Gasteiger partial charge on any atom is 0.344 e. The molecule has 14 aliphatic rings. The predicted octanol–water partition coefficient (Wildman–Crippen LogP) is 28.9.